The Balaban J connectivity index is 1.72. The zero-order valence-corrected chi connectivity index (χ0v) is 12.7. The fourth-order valence-corrected chi connectivity index (χ4v) is 3.68. The molecule has 0 aromatic carbocycles. The summed E-state index contributed by atoms with van der Waals surface area (Å²) >= 11 is 1.42. The molecule has 1 aromatic heterocycles. The number of rotatable bonds is 3. The SMILES string of the molecule is CCc1nsc(N2CCCC2C(=O)N2CCNCC2)n1. The first kappa shape index (κ1) is 13.8. The molecule has 1 N–H and O–H groups in total. The topological polar surface area (TPSA) is 61.4 Å². The van der Waals surface area contributed by atoms with Crippen molar-refractivity contribution < 1.29 is 4.79 Å². The van der Waals surface area contributed by atoms with Gasteiger partial charge < -0.3 is 15.1 Å². The molecule has 110 valence electrons. The Morgan fingerprint density at radius 1 is 1.40 bits per heavy atom. The lowest BCUT2D eigenvalue weighted by Crippen LogP contribution is -2.52. The van der Waals surface area contributed by atoms with E-state index in [1.807, 2.05) is 4.90 Å². The Labute approximate surface area is 123 Å². The van der Waals surface area contributed by atoms with Crippen molar-refractivity contribution in [3.05, 3.63) is 5.82 Å². The first-order valence-electron chi connectivity index (χ1n) is 7.38. The highest BCUT2D eigenvalue weighted by molar-refractivity contribution is 7.09. The largest absolute Gasteiger partial charge is 0.338 e. The van der Waals surface area contributed by atoms with E-state index in [9.17, 15) is 4.79 Å². The number of amides is 1. The average Bonchev–Trinajstić information content (AvgIpc) is 3.15. The molecule has 2 saturated heterocycles. The Kier molecular flexibility index (Phi) is 4.16. The summed E-state index contributed by atoms with van der Waals surface area (Å²) in [4.78, 5) is 21.4. The number of hydrogen-bond donors (Lipinski definition) is 1. The first-order valence-corrected chi connectivity index (χ1v) is 8.15. The molecule has 3 rings (SSSR count). The molecule has 1 amide bonds. The van der Waals surface area contributed by atoms with Gasteiger partial charge in [-0.25, -0.2) is 4.98 Å². The summed E-state index contributed by atoms with van der Waals surface area (Å²) in [5.41, 5.74) is 0. The molecule has 1 unspecified atom stereocenters. The molecule has 0 spiro atoms. The molecule has 20 heavy (non-hydrogen) atoms. The van der Waals surface area contributed by atoms with E-state index in [4.69, 9.17) is 0 Å². The van der Waals surface area contributed by atoms with Crippen molar-refractivity contribution in [1.82, 2.24) is 19.6 Å². The summed E-state index contributed by atoms with van der Waals surface area (Å²) in [5.74, 6) is 1.14. The molecule has 1 aromatic rings. The summed E-state index contributed by atoms with van der Waals surface area (Å²) in [6.45, 7) is 6.41. The molecule has 2 aliphatic heterocycles. The first-order chi connectivity index (χ1) is 9.79. The van der Waals surface area contributed by atoms with Gasteiger partial charge in [0.15, 0.2) is 0 Å². The summed E-state index contributed by atoms with van der Waals surface area (Å²) in [6, 6.07) is -0.0363. The number of carbonyl (C=O) groups excluding carboxylic acids is 1. The van der Waals surface area contributed by atoms with Crippen LogP contribution in [-0.2, 0) is 11.2 Å². The fraction of sp³-hybridized carbons (Fsp3) is 0.769. The lowest BCUT2D eigenvalue weighted by molar-refractivity contribution is -0.132. The van der Waals surface area contributed by atoms with Crippen molar-refractivity contribution in [3.63, 3.8) is 0 Å². The van der Waals surface area contributed by atoms with Crippen LogP contribution in [0.1, 0.15) is 25.6 Å². The van der Waals surface area contributed by atoms with Gasteiger partial charge in [-0.2, -0.15) is 4.37 Å². The van der Waals surface area contributed by atoms with Gasteiger partial charge in [0.2, 0.25) is 11.0 Å². The zero-order chi connectivity index (χ0) is 13.9. The average molecular weight is 295 g/mol. The molecule has 0 saturated carbocycles. The number of nitrogens with one attached hydrogen (secondary N) is 1. The van der Waals surface area contributed by atoms with Crippen LogP contribution in [0.2, 0.25) is 0 Å². The minimum Gasteiger partial charge on any atom is -0.338 e. The van der Waals surface area contributed by atoms with E-state index in [2.05, 4.69) is 26.5 Å². The molecule has 6 nitrogen and oxygen atoms in total. The molecule has 1 atom stereocenters. The number of hydrogen-bond acceptors (Lipinski definition) is 6. The van der Waals surface area contributed by atoms with Crippen molar-refractivity contribution >= 4 is 22.6 Å². The van der Waals surface area contributed by atoms with Crippen molar-refractivity contribution in [2.24, 2.45) is 0 Å². The number of anilines is 1. The third-order valence-electron chi connectivity index (χ3n) is 3.99. The number of nitrogens with zero attached hydrogens (tertiary/aromatic N) is 4. The maximum absolute atomic E-state index is 12.7. The highest BCUT2D eigenvalue weighted by Crippen LogP contribution is 2.28. The van der Waals surface area contributed by atoms with Crippen LogP contribution in [0.4, 0.5) is 5.13 Å². The van der Waals surface area contributed by atoms with Crippen LogP contribution in [0.3, 0.4) is 0 Å². The van der Waals surface area contributed by atoms with Crippen molar-refractivity contribution in [2.75, 3.05) is 37.6 Å². The van der Waals surface area contributed by atoms with E-state index in [1.54, 1.807) is 0 Å². The monoisotopic (exact) mass is 295 g/mol. The summed E-state index contributed by atoms with van der Waals surface area (Å²) in [6.07, 6.45) is 2.84. The lowest BCUT2D eigenvalue weighted by Gasteiger charge is -2.32. The predicted octanol–water partition coefficient (Wildman–Crippen LogP) is 0.501. The van der Waals surface area contributed by atoms with Crippen LogP contribution in [0.5, 0.6) is 0 Å². The fourth-order valence-electron chi connectivity index (χ4n) is 2.85. The molecule has 0 bridgehead atoms. The van der Waals surface area contributed by atoms with Crippen molar-refractivity contribution in [1.29, 1.82) is 0 Å². The van der Waals surface area contributed by atoms with E-state index in [1.165, 1.54) is 11.5 Å². The van der Waals surface area contributed by atoms with Gasteiger partial charge in [0.05, 0.1) is 0 Å². The summed E-state index contributed by atoms with van der Waals surface area (Å²) in [5, 5.41) is 4.20. The molecule has 0 radical (unpaired) electrons. The maximum Gasteiger partial charge on any atom is 0.245 e. The second kappa shape index (κ2) is 6.05. The van der Waals surface area contributed by atoms with Gasteiger partial charge in [-0.05, 0) is 12.8 Å². The number of aryl methyl sites for hydroxylation is 1. The number of piperazine rings is 1. The van der Waals surface area contributed by atoms with E-state index < -0.39 is 0 Å². The van der Waals surface area contributed by atoms with Crippen LogP contribution in [0, 0.1) is 0 Å². The van der Waals surface area contributed by atoms with Crippen LogP contribution >= 0.6 is 11.5 Å². The summed E-state index contributed by atoms with van der Waals surface area (Å²) in [7, 11) is 0. The zero-order valence-electron chi connectivity index (χ0n) is 11.8. The van der Waals surface area contributed by atoms with Gasteiger partial charge in [0, 0.05) is 50.7 Å². The molecule has 2 fully saturated rings. The number of aromatic nitrogens is 2. The Hall–Kier alpha value is -1.21. The molecule has 7 heteroatoms. The highest BCUT2D eigenvalue weighted by atomic mass is 32.1. The maximum atomic E-state index is 12.7. The van der Waals surface area contributed by atoms with Crippen LogP contribution < -0.4 is 10.2 Å². The Bertz CT molecular complexity index is 471. The minimum absolute atomic E-state index is 0.0363. The second-order valence-electron chi connectivity index (χ2n) is 5.27. The van der Waals surface area contributed by atoms with Gasteiger partial charge in [-0.15, -0.1) is 0 Å². The van der Waals surface area contributed by atoms with Gasteiger partial charge in [-0.3, -0.25) is 4.79 Å². The smallest absolute Gasteiger partial charge is 0.245 e. The number of carbonyl (C=O) groups is 1. The minimum atomic E-state index is -0.0363. The molecular formula is C13H21N5OS. The third-order valence-corrected chi connectivity index (χ3v) is 4.78. The van der Waals surface area contributed by atoms with Gasteiger partial charge in [-0.1, -0.05) is 6.92 Å². The molecule has 0 aliphatic carbocycles. The highest BCUT2D eigenvalue weighted by Gasteiger charge is 2.35. The van der Waals surface area contributed by atoms with E-state index >= 15 is 0 Å². The second-order valence-corrected chi connectivity index (χ2v) is 6.00. The van der Waals surface area contributed by atoms with Crippen LogP contribution in [0.25, 0.3) is 0 Å². The standard InChI is InChI=1S/C13H21N5OS/c1-2-11-15-13(20-16-11)18-7-3-4-10(18)12(19)17-8-5-14-6-9-17/h10,14H,2-9H2,1H3. The van der Waals surface area contributed by atoms with Gasteiger partial charge in [0.1, 0.15) is 11.9 Å². The van der Waals surface area contributed by atoms with E-state index in [0.29, 0.717) is 0 Å². The quantitative estimate of drug-likeness (QED) is 0.880. The summed E-state index contributed by atoms with van der Waals surface area (Å²) < 4.78 is 4.34. The van der Waals surface area contributed by atoms with Crippen molar-refractivity contribution in [2.45, 2.75) is 32.2 Å². The lowest BCUT2D eigenvalue weighted by atomic mass is 10.2. The normalized spacial score (nSPS) is 23.4. The van der Waals surface area contributed by atoms with Crippen LogP contribution in [-0.4, -0.2) is 58.9 Å². The molecule has 2 aliphatic rings. The third kappa shape index (κ3) is 2.64. The van der Waals surface area contributed by atoms with Crippen molar-refractivity contribution in [3.8, 4) is 0 Å². The Morgan fingerprint density at radius 3 is 2.90 bits per heavy atom. The predicted molar refractivity (Wildman–Crippen MR) is 79.1 cm³/mol. The van der Waals surface area contributed by atoms with E-state index in [-0.39, 0.29) is 11.9 Å². The molecular weight excluding hydrogens is 274 g/mol. The van der Waals surface area contributed by atoms with Gasteiger partial charge >= 0.3 is 0 Å². The van der Waals surface area contributed by atoms with Gasteiger partial charge in [0.25, 0.3) is 0 Å². The van der Waals surface area contributed by atoms with Crippen LogP contribution in [0.15, 0.2) is 0 Å². The molecule has 3 heterocycles. The Morgan fingerprint density at radius 2 is 2.20 bits per heavy atom. The van der Waals surface area contributed by atoms with E-state index in [0.717, 1.165) is 62.9 Å².